The molecule has 0 saturated carbocycles. The van der Waals surface area contributed by atoms with Crippen molar-refractivity contribution in [1.29, 1.82) is 0 Å². The second kappa shape index (κ2) is 5.98. The second-order valence-electron chi connectivity index (χ2n) is 5.00. The Hall–Kier alpha value is -2.71. The van der Waals surface area contributed by atoms with Crippen LogP contribution in [0.1, 0.15) is 10.4 Å². The van der Waals surface area contributed by atoms with Crippen molar-refractivity contribution >= 4 is 45.9 Å². The highest BCUT2D eigenvalue weighted by atomic mass is 35.5. The molecule has 0 radical (unpaired) electrons. The van der Waals surface area contributed by atoms with Gasteiger partial charge in [0.2, 0.25) is 5.43 Å². The third kappa shape index (κ3) is 2.79. The largest absolute Gasteiger partial charge is 0.477 e. The van der Waals surface area contributed by atoms with E-state index in [9.17, 15) is 23.5 Å². The fourth-order valence-corrected chi connectivity index (χ4v) is 2.56. The molecule has 128 valence electrons. The van der Waals surface area contributed by atoms with E-state index in [4.69, 9.17) is 28.9 Å². The molecule has 0 amide bonds. The molecule has 10 heteroatoms. The van der Waals surface area contributed by atoms with Gasteiger partial charge in [0.25, 0.3) is 0 Å². The Morgan fingerprint density at radius 1 is 1.20 bits per heavy atom. The molecule has 0 fully saturated rings. The lowest BCUT2D eigenvalue weighted by Crippen LogP contribution is -2.20. The first-order valence-electron chi connectivity index (χ1n) is 6.60. The van der Waals surface area contributed by atoms with E-state index < -0.39 is 33.7 Å². The summed E-state index contributed by atoms with van der Waals surface area (Å²) in [6.07, 6.45) is 0.861. The number of carbonyl (C=O) groups is 1. The first-order chi connectivity index (χ1) is 11.7. The third-order valence-electron chi connectivity index (χ3n) is 3.44. The second-order valence-corrected chi connectivity index (χ2v) is 5.77. The van der Waals surface area contributed by atoms with Gasteiger partial charge in [0.1, 0.15) is 11.4 Å². The maximum atomic E-state index is 14.3. The summed E-state index contributed by atoms with van der Waals surface area (Å²) in [5.41, 5.74) is 3.51. The molecular weight excluding hydrogens is 379 g/mol. The number of fused-ring (bicyclic) bond motifs is 1. The van der Waals surface area contributed by atoms with Crippen LogP contribution in [-0.4, -0.2) is 20.6 Å². The number of nitrogen functional groups attached to an aromatic ring is 1. The number of aromatic nitrogens is 2. The number of hydrogen-bond acceptors (Lipinski definition) is 4. The molecule has 2 aromatic heterocycles. The van der Waals surface area contributed by atoms with Crippen LogP contribution in [0.25, 0.3) is 16.7 Å². The first-order valence-corrected chi connectivity index (χ1v) is 7.36. The molecule has 0 aliphatic heterocycles. The molecule has 0 saturated heterocycles. The van der Waals surface area contributed by atoms with Gasteiger partial charge in [0, 0.05) is 6.20 Å². The van der Waals surface area contributed by atoms with Crippen LogP contribution in [0.3, 0.4) is 0 Å². The van der Waals surface area contributed by atoms with Crippen molar-refractivity contribution in [3.8, 4) is 5.69 Å². The molecule has 0 aliphatic carbocycles. The first kappa shape index (κ1) is 17.1. The average molecular weight is 386 g/mol. The zero-order valence-corrected chi connectivity index (χ0v) is 13.6. The Morgan fingerprint density at radius 3 is 2.52 bits per heavy atom. The topological polar surface area (TPSA) is 98.2 Å². The van der Waals surface area contributed by atoms with Gasteiger partial charge in [0.15, 0.2) is 16.6 Å². The maximum Gasteiger partial charge on any atom is 0.341 e. The Bertz CT molecular complexity index is 1120. The van der Waals surface area contributed by atoms with Crippen LogP contribution in [0.2, 0.25) is 10.2 Å². The quantitative estimate of drug-likeness (QED) is 0.521. The minimum Gasteiger partial charge on any atom is -0.477 e. The van der Waals surface area contributed by atoms with Gasteiger partial charge in [-0.2, -0.15) is 0 Å². The molecular formula is C15H7Cl2F2N3O3. The van der Waals surface area contributed by atoms with Crippen LogP contribution in [0, 0.1) is 11.6 Å². The molecule has 3 N–H and O–H groups in total. The van der Waals surface area contributed by atoms with Gasteiger partial charge in [-0.15, -0.1) is 0 Å². The van der Waals surface area contributed by atoms with Gasteiger partial charge in [-0.25, -0.2) is 18.6 Å². The summed E-state index contributed by atoms with van der Waals surface area (Å²) in [4.78, 5) is 27.3. The third-order valence-corrected chi connectivity index (χ3v) is 4.04. The van der Waals surface area contributed by atoms with Crippen LogP contribution in [-0.2, 0) is 0 Å². The van der Waals surface area contributed by atoms with Crippen LogP contribution < -0.4 is 11.2 Å². The van der Waals surface area contributed by atoms with E-state index in [0.29, 0.717) is 0 Å². The number of benzene rings is 1. The van der Waals surface area contributed by atoms with E-state index in [1.54, 1.807) is 0 Å². The zero-order valence-electron chi connectivity index (χ0n) is 12.1. The predicted molar refractivity (Wildman–Crippen MR) is 88.6 cm³/mol. The van der Waals surface area contributed by atoms with Gasteiger partial charge in [-0.05, 0) is 18.2 Å². The molecule has 0 bridgehead atoms. The number of nitrogens with zero attached hydrogens (tertiary/aromatic N) is 2. The van der Waals surface area contributed by atoms with E-state index >= 15 is 0 Å². The van der Waals surface area contributed by atoms with Crippen molar-refractivity contribution in [2.24, 2.45) is 0 Å². The predicted octanol–water partition coefficient (Wildman–Crippen LogP) is 3.25. The lowest BCUT2D eigenvalue weighted by Gasteiger charge is -2.14. The van der Waals surface area contributed by atoms with Crippen molar-refractivity contribution in [3.63, 3.8) is 0 Å². The number of hydrogen-bond donors (Lipinski definition) is 2. The summed E-state index contributed by atoms with van der Waals surface area (Å²) in [6.45, 7) is 0. The standard InChI is InChI=1S/C15H7Cl2F2N3O3/c16-7-2-8(18)11(3-10(7)20)22-4-6(15(24)25)12(23)5-1-9(19)13(17)21-14(5)22/h1-4H,20H2,(H,24,25). The lowest BCUT2D eigenvalue weighted by atomic mass is 10.1. The molecule has 6 nitrogen and oxygen atoms in total. The molecule has 0 unspecified atom stereocenters. The fourth-order valence-electron chi connectivity index (χ4n) is 2.28. The van der Waals surface area contributed by atoms with Crippen molar-refractivity contribution in [2.45, 2.75) is 0 Å². The summed E-state index contributed by atoms with van der Waals surface area (Å²) in [7, 11) is 0. The van der Waals surface area contributed by atoms with E-state index in [1.165, 1.54) is 0 Å². The smallest absolute Gasteiger partial charge is 0.341 e. The maximum absolute atomic E-state index is 14.3. The van der Waals surface area contributed by atoms with Crippen molar-refractivity contribution in [3.05, 3.63) is 62.0 Å². The van der Waals surface area contributed by atoms with E-state index in [2.05, 4.69) is 4.98 Å². The summed E-state index contributed by atoms with van der Waals surface area (Å²) in [5.74, 6) is -3.45. The van der Waals surface area contributed by atoms with Gasteiger partial charge in [-0.1, -0.05) is 23.2 Å². The number of carboxylic acid groups (broad SMARTS) is 1. The number of aromatic carboxylic acids is 1. The highest BCUT2D eigenvalue weighted by Crippen LogP contribution is 2.28. The minimum absolute atomic E-state index is 0.00926. The number of pyridine rings is 2. The Kier molecular flexibility index (Phi) is 4.09. The van der Waals surface area contributed by atoms with E-state index in [1.807, 2.05) is 0 Å². The number of anilines is 1. The van der Waals surface area contributed by atoms with Crippen LogP contribution in [0.4, 0.5) is 14.5 Å². The van der Waals surface area contributed by atoms with Crippen molar-refractivity contribution in [2.75, 3.05) is 5.73 Å². The number of carboxylic acids is 1. The normalized spacial score (nSPS) is 11.0. The number of halogens is 4. The van der Waals surface area contributed by atoms with E-state index in [0.717, 1.165) is 29.0 Å². The van der Waals surface area contributed by atoms with Crippen molar-refractivity contribution in [1.82, 2.24) is 9.55 Å². The summed E-state index contributed by atoms with van der Waals surface area (Å²) >= 11 is 11.4. The highest BCUT2D eigenvalue weighted by Gasteiger charge is 2.20. The Labute approximate surface area is 148 Å². The van der Waals surface area contributed by atoms with Gasteiger partial charge in [-0.3, -0.25) is 9.36 Å². The van der Waals surface area contributed by atoms with Crippen LogP contribution in [0.15, 0.2) is 29.2 Å². The zero-order chi connectivity index (χ0) is 18.5. The molecule has 3 rings (SSSR count). The molecule has 0 aliphatic rings. The fraction of sp³-hybridized carbons (Fsp3) is 0. The van der Waals surface area contributed by atoms with Crippen LogP contribution in [0.5, 0.6) is 0 Å². The van der Waals surface area contributed by atoms with Crippen LogP contribution >= 0.6 is 23.2 Å². The molecule has 25 heavy (non-hydrogen) atoms. The summed E-state index contributed by atoms with van der Waals surface area (Å²) < 4.78 is 29.0. The molecule has 3 aromatic rings. The molecule has 1 aromatic carbocycles. The Balaban J connectivity index is 2.52. The SMILES string of the molecule is Nc1cc(-n2cc(C(=O)O)c(=O)c3cc(F)c(Cl)nc32)c(F)cc1Cl. The highest BCUT2D eigenvalue weighted by molar-refractivity contribution is 6.33. The molecule has 0 spiro atoms. The van der Waals surface area contributed by atoms with Gasteiger partial charge >= 0.3 is 5.97 Å². The van der Waals surface area contributed by atoms with Gasteiger partial charge < -0.3 is 10.8 Å². The average Bonchev–Trinajstić information content (AvgIpc) is 2.53. The Morgan fingerprint density at radius 2 is 1.88 bits per heavy atom. The number of rotatable bonds is 2. The number of nitrogens with two attached hydrogens (primary N) is 1. The summed E-state index contributed by atoms with van der Waals surface area (Å²) in [6, 6.07) is 2.79. The summed E-state index contributed by atoms with van der Waals surface area (Å²) in [5, 5.41) is 8.20. The molecule has 0 atom stereocenters. The minimum atomic E-state index is -1.57. The monoisotopic (exact) mass is 385 g/mol. The van der Waals surface area contributed by atoms with Gasteiger partial charge in [0.05, 0.1) is 21.8 Å². The van der Waals surface area contributed by atoms with E-state index in [-0.39, 0.29) is 27.4 Å². The van der Waals surface area contributed by atoms with Crippen molar-refractivity contribution < 1.29 is 18.7 Å². The lowest BCUT2D eigenvalue weighted by molar-refractivity contribution is 0.0695. The molecule has 2 heterocycles.